The highest BCUT2D eigenvalue weighted by Crippen LogP contribution is 2.36. The molecule has 6 heteroatoms. The second kappa shape index (κ2) is 6.98. The van der Waals surface area contributed by atoms with Crippen LogP contribution in [0.5, 0.6) is 5.75 Å². The molecule has 0 aliphatic heterocycles. The van der Waals surface area contributed by atoms with E-state index in [0.717, 1.165) is 0 Å². The highest BCUT2D eigenvalue weighted by molar-refractivity contribution is 6.01. The van der Waals surface area contributed by atoms with Crippen LogP contribution in [0.4, 0.5) is 11.4 Å². The first-order valence-corrected chi connectivity index (χ1v) is 7.76. The summed E-state index contributed by atoms with van der Waals surface area (Å²) in [4.78, 5) is 24.0. The number of carbonyl (C=O) groups is 2. The van der Waals surface area contributed by atoms with Gasteiger partial charge in [-0.2, -0.15) is 0 Å². The van der Waals surface area contributed by atoms with Gasteiger partial charge in [0.1, 0.15) is 5.75 Å². The monoisotopic (exact) mass is 348 g/mol. The average Bonchev–Trinajstić information content (AvgIpc) is 2.62. The van der Waals surface area contributed by atoms with Gasteiger partial charge in [-0.1, -0.05) is 24.3 Å². The van der Waals surface area contributed by atoms with E-state index in [4.69, 9.17) is 16.2 Å². The smallest absolute Gasteiger partial charge is 0.343 e. The summed E-state index contributed by atoms with van der Waals surface area (Å²) in [5.41, 5.74) is 13.5. The van der Waals surface area contributed by atoms with E-state index in [2.05, 4.69) is 0 Å². The van der Waals surface area contributed by atoms with Gasteiger partial charge < -0.3 is 21.3 Å². The standard InChI is InChI=1S/C20H16N2O4/c21-13-10-8-12(9-11-13)20(25)26-17-7-2-1-4-14(17)18-15(19(23)24)5-3-6-16(18)22/h1-11H,21-22H2,(H,23,24). The van der Waals surface area contributed by atoms with E-state index < -0.39 is 11.9 Å². The number of aromatic carboxylic acids is 1. The number of carbonyl (C=O) groups excluding carboxylic acids is 1. The minimum atomic E-state index is -1.12. The molecule has 0 saturated carbocycles. The maximum absolute atomic E-state index is 12.4. The van der Waals surface area contributed by atoms with Gasteiger partial charge in [-0.15, -0.1) is 0 Å². The zero-order chi connectivity index (χ0) is 18.7. The van der Waals surface area contributed by atoms with Crippen LogP contribution in [0.15, 0.2) is 66.7 Å². The molecule has 5 N–H and O–H groups in total. The molecule has 3 aromatic carbocycles. The molecule has 0 saturated heterocycles. The molecular weight excluding hydrogens is 332 g/mol. The van der Waals surface area contributed by atoms with Crippen molar-refractivity contribution in [1.29, 1.82) is 0 Å². The Bertz CT molecular complexity index is 981. The molecule has 0 radical (unpaired) electrons. The van der Waals surface area contributed by atoms with E-state index >= 15 is 0 Å². The molecule has 6 nitrogen and oxygen atoms in total. The molecule has 3 aromatic rings. The number of anilines is 2. The fourth-order valence-electron chi connectivity index (χ4n) is 2.59. The predicted molar refractivity (Wildman–Crippen MR) is 99.1 cm³/mol. The van der Waals surface area contributed by atoms with Crippen LogP contribution in [0.3, 0.4) is 0 Å². The number of nitrogen functional groups attached to an aromatic ring is 2. The van der Waals surface area contributed by atoms with Crippen LogP contribution in [0.2, 0.25) is 0 Å². The fourth-order valence-corrected chi connectivity index (χ4v) is 2.59. The Hall–Kier alpha value is -3.80. The van der Waals surface area contributed by atoms with E-state index in [-0.39, 0.29) is 17.0 Å². The maximum Gasteiger partial charge on any atom is 0.343 e. The number of rotatable bonds is 4. The number of para-hydroxylation sites is 1. The zero-order valence-electron chi connectivity index (χ0n) is 13.7. The van der Waals surface area contributed by atoms with Crippen molar-refractivity contribution in [2.24, 2.45) is 0 Å². The summed E-state index contributed by atoms with van der Waals surface area (Å²) in [6, 6.07) is 17.6. The first kappa shape index (κ1) is 17.0. The number of ether oxygens (including phenoxy) is 1. The minimum absolute atomic E-state index is 0.0287. The van der Waals surface area contributed by atoms with E-state index in [1.165, 1.54) is 6.07 Å². The lowest BCUT2D eigenvalue weighted by Gasteiger charge is -2.14. The third-order valence-corrected chi connectivity index (χ3v) is 3.83. The van der Waals surface area contributed by atoms with Crippen molar-refractivity contribution in [3.8, 4) is 16.9 Å². The number of hydrogen-bond acceptors (Lipinski definition) is 5. The Balaban J connectivity index is 2.04. The highest BCUT2D eigenvalue weighted by Gasteiger charge is 2.19. The largest absolute Gasteiger partial charge is 0.478 e. The SMILES string of the molecule is Nc1ccc(C(=O)Oc2ccccc2-c2c(N)cccc2C(=O)O)cc1. The predicted octanol–water partition coefficient (Wildman–Crippen LogP) is 3.44. The number of carboxylic acid groups (broad SMARTS) is 1. The molecule has 3 rings (SSSR count). The summed E-state index contributed by atoms with van der Waals surface area (Å²) in [5, 5.41) is 9.45. The van der Waals surface area contributed by atoms with E-state index in [1.807, 2.05) is 0 Å². The van der Waals surface area contributed by atoms with Crippen LogP contribution in [0.1, 0.15) is 20.7 Å². The van der Waals surface area contributed by atoms with Crippen molar-refractivity contribution in [3.63, 3.8) is 0 Å². The lowest BCUT2D eigenvalue weighted by Crippen LogP contribution is -2.10. The lowest BCUT2D eigenvalue weighted by molar-refractivity contribution is 0.0696. The summed E-state index contributed by atoms with van der Waals surface area (Å²) >= 11 is 0. The van der Waals surface area contributed by atoms with Gasteiger partial charge in [-0.25, -0.2) is 9.59 Å². The van der Waals surface area contributed by atoms with Crippen LogP contribution in [0, 0.1) is 0 Å². The van der Waals surface area contributed by atoms with Crippen LogP contribution < -0.4 is 16.2 Å². The molecule has 0 bridgehead atoms. The van der Waals surface area contributed by atoms with E-state index in [1.54, 1.807) is 60.7 Å². The Kier molecular flexibility index (Phi) is 4.57. The van der Waals surface area contributed by atoms with Gasteiger partial charge in [-0.3, -0.25) is 0 Å². The minimum Gasteiger partial charge on any atom is -0.478 e. The van der Waals surface area contributed by atoms with Crippen molar-refractivity contribution in [3.05, 3.63) is 77.9 Å². The zero-order valence-corrected chi connectivity index (χ0v) is 13.7. The van der Waals surface area contributed by atoms with Crippen molar-refractivity contribution < 1.29 is 19.4 Å². The summed E-state index contributed by atoms with van der Waals surface area (Å²) in [6.45, 7) is 0. The number of nitrogens with two attached hydrogens (primary N) is 2. The van der Waals surface area contributed by atoms with Gasteiger partial charge in [0.25, 0.3) is 0 Å². The molecule has 130 valence electrons. The number of hydrogen-bond donors (Lipinski definition) is 3. The molecule has 0 aliphatic rings. The lowest BCUT2D eigenvalue weighted by atomic mass is 9.97. The quantitative estimate of drug-likeness (QED) is 0.378. The normalized spacial score (nSPS) is 10.3. The first-order chi connectivity index (χ1) is 12.5. The fraction of sp³-hybridized carbons (Fsp3) is 0. The average molecular weight is 348 g/mol. The van der Waals surface area contributed by atoms with Gasteiger partial charge in [-0.05, 0) is 42.5 Å². The second-order valence-electron chi connectivity index (χ2n) is 5.58. The first-order valence-electron chi connectivity index (χ1n) is 7.76. The Morgan fingerprint density at radius 2 is 1.54 bits per heavy atom. The molecule has 26 heavy (non-hydrogen) atoms. The van der Waals surface area contributed by atoms with Crippen molar-refractivity contribution in [1.82, 2.24) is 0 Å². The summed E-state index contributed by atoms with van der Waals surface area (Å²) in [6.07, 6.45) is 0. The van der Waals surface area contributed by atoms with Crippen molar-refractivity contribution in [2.75, 3.05) is 11.5 Å². The molecule has 0 aliphatic carbocycles. The van der Waals surface area contributed by atoms with E-state index in [0.29, 0.717) is 22.4 Å². The van der Waals surface area contributed by atoms with Gasteiger partial charge in [0, 0.05) is 22.5 Å². The van der Waals surface area contributed by atoms with Gasteiger partial charge in [0.05, 0.1) is 11.1 Å². The number of benzene rings is 3. The molecule has 0 spiro atoms. The summed E-state index contributed by atoms with van der Waals surface area (Å²) < 4.78 is 5.49. The molecule has 0 heterocycles. The Labute approximate surface area is 149 Å². The highest BCUT2D eigenvalue weighted by atomic mass is 16.5. The molecule has 0 atom stereocenters. The Morgan fingerprint density at radius 3 is 2.23 bits per heavy atom. The molecule has 0 fully saturated rings. The topological polar surface area (TPSA) is 116 Å². The number of carboxylic acids is 1. The third kappa shape index (κ3) is 3.34. The number of esters is 1. The molecular formula is C20H16N2O4. The third-order valence-electron chi connectivity index (χ3n) is 3.83. The van der Waals surface area contributed by atoms with Crippen LogP contribution in [-0.2, 0) is 0 Å². The van der Waals surface area contributed by atoms with Crippen LogP contribution >= 0.6 is 0 Å². The van der Waals surface area contributed by atoms with E-state index in [9.17, 15) is 14.7 Å². The van der Waals surface area contributed by atoms with Crippen LogP contribution in [0.25, 0.3) is 11.1 Å². The molecule has 0 amide bonds. The van der Waals surface area contributed by atoms with Gasteiger partial charge in [0.15, 0.2) is 0 Å². The van der Waals surface area contributed by atoms with Crippen molar-refractivity contribution >= 4 is 23.3 Å². The van der Waals surface area contributed by atoms with Gasteiger partial charge in [0.2, 0.25) is 0 Å². The molecule has 0 aromatic heterocycles. The van der Waals surface area contributed by atoms with Gasteiger partial charge >= 0.3 is 11.9 Å². The summed E-state index contributed by atoms with van der Waals surface area (Å²) in [5.74, 6) is -1.48. The van der Waals surface area contributed by atoms with Crippen LogP contribution in [-0.4, -0.2) is 17.0 Å². The van der Waals surface area contributed by atoms with Crippen molar-refractivity contribution in [2.45, 2.75) is 0 Å². The molecule has 0 unspecified atom stereocenters. The second-order valence-corrected chi connectivity index (χ2v) is 5.58. The Morgan fingerprint density at radius 1 is 0.846 bits per heavy atom. The summed E-state index contributed by atoms with van der Waals surface area (Å²) in [7, 11) is 0. The maximum atomic E-state index is 12.4.